The molecule has 3 rings (SSSR count). The summed E-state index contributed by atoms with van der Waals surface area (Å²) in [5.74, 6) is -0.0729. The Morgan fingerprint density at radius 3 is 2.77 bits per heavy atom. The van der Waals surface area contributed by atoms with Gasteiger partial charge in [-0.05, 0) is 24.3 Å². The number of pyridine rings is 1. The zero-order valence-corrected chi connectivity index (χ0v) is 12.7. The van der Waals surface area contributed by atoms with Crippen molar-refractivity contribution in [2.45, 2.75) is 18.4 Å². The zero-order chi connectivity index (χ0) is 15.6. The fraction of sp³-hybridized carbons (Fsp3) is 0.412. The molecule has 0 bridgehead atoms. The second kappa shape index (κ2) is 6.02. The molecule has 116 valence electrons. The first kappa shape index (κ1) is 14.9. The van der Waals surface area contributed by atoms with Crippen molar-refractivity contribution in [3.63, 3.8) is 0 Å². The molecule has 5 heteroatoms. The number of carbonyl (C=O) groups is 1. The van der Waals surface area contributed by atoms with E-state index in [1.807, 2.05) is 30.3 Å². The molecule has 1 aromatic carbocycles. The highest BCUT2D eigenvalue weighted by atomic mass is 16.5. The molecule has 5 nitrogen and oxygen atoms in total. The van der Waals surface area contributed by atoms with Gasteiger partial charge in [0.05, 0.1) is 12.2 Å². The summed E-state index contributed by atoms with van der Waals surface area (Å²) in [6, 6.07) is 9.65. The Bertz CT molecular complexity index is 673. The summed E-state index contributed by atoms with van der Waals surface area (Å²) < 4.78 is 5.06. The topological polar surface area (TPSA) is 62.7 Å². The fourth-order valence-electron chi connectivity index (χ4n) is 2.98. The Hall–Kier alpha value is -1.98. The van der Waals surface area contributed by atoms with Crippen LogP contribution in [0.15, 0.2) is 36.5 Å². The Morgan fingerprint density at radius 1 is 1.32 bits per heavy atom. The largest absolute Gasteiger partial charge is 0.387 e. The summed E-state index contributed by atoms with van der Waals surface area (Å²) in [6.07, 6.45) is 2.72. The number of benzene rings is 1. The Kier molecular flexibility index (Phi) is 4.09. The smallest absolute Gasteiger partial charge is 0.273 e. The van der Waals surface area contributed by atoms with Crippen LogP contribution in [0.1, 0.15) is 23.3 Å². The lowest BCUT2D eigenvalue weighted by atomic mass is 9.92. The monoisotopic (exact) mass is 300 g/mol. The number of amides is 1. The van der Waals surface area contributed by atoms with Crippen molar-refractivity contribution in [3.8, 4) is 0 Å². The van der Waals surface area contributed by atoms with Crippen LogP contribution < -0.4 is 0 Å². The maximum Gasteiger partial charge on any atom is 0.273 e. The molecule has 1 fully saturated rings. The summed E-state index contributed by atoms with van der Waals surface area (Å²) in [7, 11) is 1.58. The first-order valence-electron chi connectivity index (χ1n) is 7.47. The van der Waals surface area contributed by atoms with E-state index in [0.717, 1.165) is 10.8 Å². The van der Waals surface area contributed by atoms with Crippen molar-refractivity contribution in [3.05, 3.63) is 42.2 Å². The molecule has 1 amide bonds. The second-order valence-corrected chi connectivity index (χ2v) is 5.83. The van der Waals surface area contributed by atoms with Crippen LogP contribution in [0.25, 0.3) is 10.8 Å². The maximum atomic E-state index is 12.7. The molecule has 0 atom stereocenters. The van der Waals surface area contributed by atoms with Crippen molar-refractivity contribution in [2.24, 2.45) is 0 Å². The third kappa shape index (κ3) is 2.82. The van der Waals surface area contributed by atoms with Crippen LogP contribution in [0.4, 0.5) is 0 Å². The van der Waals surface area contributed by atoms with Gasteiger partial charge in [-0.15, -0.1) is 0 Å². The number of aliphatic hydroxyl groups is 1. The van der Waals surface area contributed by atoms with Gasteiger partial charge < -0.3 is 14.7 Å². The van der Waals surface area contributed by atoms with Crippen molar-refractivity contribution in [1.82, 2.24) is 9.88 Å². The highest BCUT2D eigenvalue weighted by Crippen LogP contribution is 2.25. The molecule has 1 N–H and O–H groups in total. The van der Waals surface area contributed by atoms with Crippen LogP contribution in [-0.4, -0.2) is 53.3 Å². The lowest BCUT2D eigenvalue weighted by Crippen LogP contribution is -2.49. The third-order valence-electron chi connectivity index (χ3n) is 4.27. The minimum atomic E-state index is -0.822. The number of hydrogen-bond acceptors (Lipinski definition) is 4. The number of fused-ring (bicyclic) bond motifs is 1. The summed E-state index contributed by atoms with van der Waals surface area (Å²) in [5.41, 5.74) is -0.340. The van der Waals surface area contributed by atoms with E-state index < -0.39 is 5.60 Å². The van der Waals surface area contributed by atoms with Crippen LogP contribution in [0.5, 0.6) is 0 Å². The Balaban J connectivity index is 1.80. The molecular weight excluding hydrogens is 280 g/mol. The number of methoxy groups -OCH3 is 1. The molecule has 22 heavy (non-hydrogen) atoms. The van der Waals surface area contributed by atoms with Gasteiger partial charge in [0.25, 0.3) is 5.91 Å². The van der Waals surface area contributed by atoms with E-state index in [0.29, 0.717) is 38.2 Å². The van der Waals surface area contributed by atoms with Gasteiger partial charge in [-0.3, -0.25) is 9.78 Å². The number of rotatable bonds is 3. The molecule has 0 aliphatic carbocycles. The summed E-state index contributed by atoms with van der Waals surface area (Å²) >= 11 is 0. The molecular formula is C17H20N2O3. The van der Waals surface area contributed by atoms with Crippen LogP contribution in [0, 0.1) is 0 Å². The molecule has 0 spiro atoms. The lowest BCUT2D eigenvalue weighted by Gasteiger charge is -2.37. The van der Waals surface area contributed by atoms with Crippen molar-refractivity contribution in [2.75, 3.05) is 26.8 Å². The van der Waals surface area contributed by atoms with E-state index >= 15 is 0 Å². The third-order valence-corrected chi connectivity index (χ3v) is 4.27. The highest BCUT2D eigenvalue weighted by molar-refractivity contribution is 6.05. The van der Waals surface area contributed by atoms with Crippen LogP contribution in [0.3, 0.4) is 0 Å². The molecule has 0 radical (unpaired) electrons. The first-order valence-corrected chi connectivity index (χ1v) is 7.47. The number of nitrogens with zero attached hydrogens (tertiary/aromatic N) is 2. The number of likely N-dealkylation sites (tertiary alicyclic amines) is 1. The van der Waals surface area contributed by atoms with E-state index in [1.54, 1.807) is 18.2 Å². The normalized spacial score (nSPS) is 17.6. The average Bonchev–Trinajstić information content (AvgIpc) is 2.54. The van der Waals surface area contributed by atoms with Crippen LogP contribution >= 0.6 is 0 Å². The van der Waals surface area contributed by atoms with E-state index in [9.17, 15) is 9.90 Å². The molecule has 0 unspecified atom stereocenters. The number of carbonyl (C=O) groups excluding carboxylic acids is 1. The number of aromatic nitrogens is 1. The molecule has 0 saturated carbocycles. The first-order chi connectivity index (χ1) is 10.6. The standard InChI is InChI=1S/C17H20N2O3/c1-22-12-17(21)7-10-19(11-8-17)16(20)15-14-5-3-2-4-13(14)6-9-18-15/h2-6,9,21H,7-8,10-12H2,1H3. The number of piperidine rings is 1. The Morgan fingerprint density at radius 2 is 2.05 bits per heavy atom. The SMILES string of the molecule is COCC1(O)CCN(C(=O)c2nccc3ccccc23)CC1. The lowest BCUT2D eigenvalue weighted by molar-refractivity contribution is -0.0662. The molecule has 2 aromatic rings. The van der Waals surface area contributed by atoms with E-state index in [4.69, 9.17) is 4.74 Å². The predicted molar refractivity (Wildman–Crippen MR) is 83.7 cm³/mol. The Labute approximate surface area is 129 Å². The molecule has 1 aliphatic heterocycles. The molecule has 2 heterocycles. The summed E-state index contributed by atoms with van der Waals surface area (Å²) in [6.45, 7) is 1.34. The van der Waals surface area contributed by atoms with Gasteiger partial charge in [-0.25, -0.2) is 0 Å². The van der Waals surface area contributed by atoms with E-state index in [2.05, 4.69) is 4.98 Å². The number of ether oxygens (including phenoxy) is 1. The molecule has 1 saturated heterocycles. The van der Waals surface area contributed by atoms with Crippen LogP contribution in [0.2, 0.25) is 0 Å². The minimum absolute atomic E-state index is 0.0729. The van der Waals surface area contributed by atoms with Gasteiger partial charge >= 0.3 is 0 Å². The fourth-order valence-corrected chi connectivity index (χ4v) is 2.98. The van der Waals surface area contributed by atoms with Gasteiger partial charge in [-0.2, -0.15) is 0 Å². The van der Waals surface area contributed by atoms with Crippen molar-refractivity contribution < 1.29 is 14.6 Å². The number of hydrogen-bond donors (Lipinski definition) is 1. The minimum Gasteiger partial charge on any atom is -0.387 e. The predicted octanol–water partition coefficient (Wildman–Crippen LogP) is 1.85. The van der Waals surface area contributed by atoms with E-state index in [1.165, 1.54) is 0 Å². The average molecular weight is 300 g/mol. The molecule has 1 aromatic heterocycles. The van der Waals surface area contributed by atoms with Crippen molar-refractivity contribution in [1.29, 1.82) is 0 Å². The summed E-state index contributed by atoms with van der Waals surface area (Å²) in [5, 5.41) is 12.2. The van der Waals surface area contributed by atoms with Gasteiger partial charge in [0.2, 0.25) is 0 Å². The second-order valence-electron chi connectivity index (χ2n) is 5.83. The highest BCUT2D eigenvalue weighted by Gasteiger charge is 2.34. The van der Waals surface area contributed by atoms with Gasteiger partial charge in [0.1, 0.15) is 5.69 Å². The van der Waals surface area contributed by atoms with Gasteiger partial charge in [-0.1, -0.05) is 24.3 Å². The molecule has 1 aliphatic rings. The van der Waals surface area contributed by atoms with E-state index in [-0.39, 0.29) is 5.91 Å². The maximum absolute atomic E-state index is 12.7. The van der Waals surface area contributed by atoms with Crippen LogP contribution in [-0.2, 0) is 4.74 Å². The van der Waals surface area contributed by atoms with Gasteiger partial charge in [0.15, 0.2) is 0 Å². The van der Waals surface area contributed by atoms with Gasteiger partial charge in [0, 0.05) is 31.8 Å². The summed E-state index contributed by atoms with van der Waals surface area (Å²) in [4.78, 5) is 18.8. The van der Waals surface area contributed by atoms with Crippen molar-refractivity contribution >= 4 is 16.7 Å². The zero-order valence-electron chi connectivity index (χ0n) is 12.7. The quantitative estimate of drug-likeness (QED) is 0.939.